The summed E-state index contributed by atoms with van der Waals surface area (Å²) in [5.74, 6) is 0.350. The molecule has 8 nitrogen and oxygen atoms in total. The molecular weight excluding hydrogens is 384 g/mol. The Kier molecular flexibility index (Phi) is 5.87. The molecule has 0 spiro atoms. The molecule has 4 N–H and O–H groups in total. The average molecular weight is 406 g/mol. The smallest absolute Gasteiger partial charge is 0.433 e. The van der Waals surface area contributed by atoms with Gasteiger partial charge in [0.15, 0.2) is 0 Å². The Bertz CT molecular complexity index is 1100. The van der Waals surface area contributed by atoms with Crippen molar-refractivity contribution in [3.8, 4) is 5.75 Å². The zero-order valence-electron chi connectivity index (χ0n) is 16.8. The van der Waals surface area contributed by atoms with E-state index in [0.29, 0.717) is 28.3 Å². The number of carbonyl (C=O) groups is 2. The number of aromatic amines is 1. The monoisotopic (exact) mass is 406 g/mol. The number of anilines is 2. The van der Waals surface area contributed by atoms with Gasteiger partial charge in [-0.05, 0) is 68.4 Å². The molecule has 0 radical (unpaired) electrons. The van der Waals surface area contributed by atoms with E-state index in [-0.39, 0.29) is 11.7 Å². The first-order valence-corrected chi connectivity index (χ1v) is 9.12. The average Bonchev–Trinajstić information content (AvgIpc) is 3.06. The molecule has 2 aromatic carbocycles. The Balaban J connectivity index is 2.06. The van der Waals surface area contributed by atoms with Crippen LogP contribution in [0.3, 0.4) is 0 Å². The summed E-state index contributed by atoms with van der Waals surface area (Å²) in [5.41, 5.74) is 9.61. The molecule has 30 heavy (non-hydrogen) atoms. The second-order valence-corrected chi connectivity index (χ2v) is 6.66. The third kappa shape index (κ3) is 4.33. The lowest BCUT2D eigenvalue weighted by Gasteiger charge is -2.23. The van der Waals surface area contributed by atoms with Gasteiger partial charge in [-0.25, -0.2) is 4.79 Å². The lowest BCUT2D eigenvalue weighted by molar-refractivity contribution is 0.0998. The minimum absolute atomic E-state index is 0.117. The zero-order valence-corrected chi connectivity index (χ0v) is 16.8. The summed E-state index contributed by atoms with van der Waals surface area (Å²) in [5, 5.41) is 8.77. The number of ether oxygens (including phenoxy) is 1. The summed E-state index contributed by atoms with van der Waals surface area (Å²) in [6.45, 7) is 3.74. The topological polar surface area (TPSA) is 121 Å². The first kappa shape index (κ1) is 20.7. The van der Waals surface area contributed by atoms with E-state index in [0.717, 1.165) is 11.4 Å². The van der Waals surface area contributed by atoms with Crippen LogP contribution in [0.15, 0.2) is 59.6 Å². The Morgan fingerprint density at radius 3 is 2.07 bits per heavy atom. The number of methoxy groups -OCH3 is 1. The fraction of sp³-hybridized carbons (Fsp3) is 0.136. The molecular formula is C22H22N4O4. The van der Waals surface area contributed by atoms with Gasteiger partial charge in [-0.2, -0.15) is 4.99 Å². The predicted octanol–water partition coefficient (Wildman–Crippen LogP) is 4.00. The van der Waals surface area contributed by atoms with Gasteiger partial charge in [-0.15, -0.1) is 0 Å². The van der Waals surface area contributed by atoms with E-state index in [9.17, 15) is 9.59 Å². The maximum absolute atomic E-state index is 13.4. The molecule has 0 saturated heterocycles. The van der Waals surface area contributed by atoms with Crippen molar-refractivity contribution in [1.29, 1.82) is 0 Å². The number of nitrogens with two attached hydrogens (primary N) is 1. The molecule has 2 amide bonds. The van der Waals surface area contributed by atoms with Crippen molar-refractivity contribution in [2.75, 3.05) is 12.0 Å². The van der Waals surface area contributed by atoms with E-state index < -0.39 is 6.09 Å². The second-order valence-electron chi connectivity index (χ2n) is 6.66. The van der Waals surface area contributed by atoms with Crippen molar-refractivity contribution in [1.82, 2.24) is 4.98 Å². The number of rotatable bonds is 5. The van der Waals surface area contributed by atoms with Crippen LogP contribution in [-0.4, -0.2) is 35.0 Å². The van der Waals surface area contributed by atoms with Gasteiger partial charge in [0, 0.05) is 28.3 Å². The summed E-state index contributed by atoms with van der Waals surface area (Å²) >= 11 is 0. The first-order valence-electron chi connectivity index (χ1n) is 9.12. The number of amides is 2. The molecule has 0 aliphatic carbocycles. The SMILES string of the molecule is COc1ccc(N(C(=O)c2cc(C)[nH]c2C)c2ccc(/C(N)=N\C(=O)O)cc2)cc1. The Morgan fingerprint density at radius 2 is 1.60 bits per heavy atom. The van der Waals surface area contributed by atoms with Gasteiger partial charge in [-0.3, -0.25) is 9.69 Å². The van der Waals surface area contributed by atoms with Gasteiger partial charge in [0.05, 0.1) is 12.7 Å². The molecule has 3 aromatic rings. The van der Waals surface area contributed by atoms with Gasteiger partial charge in [0.25, 0.3) is 5.91 Å². The number of aliphatic imine (C=N–C) groups is 1. The number of nitrogens with zero attached hydrogens (tertiary/aromatic N) is 2. The van der Waals surface area contributed by atoms with Crippen LogP contribution in [0.5, 0.6) is 5.75 Å². The van der Waals surface area contributed by atoms with Gasteiger partial charge in [0.2, 0.25) is 0 Å². The number of carboxylic acid groups (broad SMARTS) is 1. The van der Waals surface area contributed by atoms with Crippen LogP contribution in [0.1, 0.15) is 27.3 Å². The minimum atomic E-state index is -1.37. The van der Waals surface area contributed by atoms with Crippen molar-refractivity contribution in [2.24, 2.45) is 10.7 Å². The third-order valence-electron chi connectivity index (χ3n) is 4.55. The number of carbonyl (C=O) groups excluding carboxylic acids is 1. The number of nitrogens with one attached hydrogen (secondary N) is 1. The summed E-state index contributed by atoms with van der Waals surface area (Å²) < 4.78 is 5.21. The van der Waals surface area contributed by atoms with Crippen molar-refractivity contribution in [3.05, 3.63) is 77.1 Å². The highest BCUT2D eigenvalue weighted by Gasteiger charge is 2.23. The van der Waals surface area contributed by atoms with E-state index in [2.05, 4.69) is 9.98 Å². The highest BCUT2D eigenvalue weighted by Crippen LogP contribution is 2.30. The molecule has 0 bridgehead atoms. The fourth-order valence-corrected chi connectivity index (χ4v) is 3.13. The zero-order chi connectivity index (χ0) is 21.8. The largest absolute Gasteiger partial charge is 0.497 e. The van der Waals surface area contributed by atoms with Crippen LogP contribution in [0, 0.1) is 13.8 Å². The van der Waals surface area contributed by atoms with Gasteiger partial charge in [-0.1, -0.05) is 0 Å². The van der Waals surface area contributed by atoms with E-state index >= 15 is 0 Å². The summed E-state index contributed by atoms with van der Waals surface area (Å²) in [7, 11) is 1.58. The highest BCUT2D eigenvalue weighted by molar-refractivity contribution is 6.12. The van der Waals surface area contributed by atoms with Crippen LogP contribution >= 0.6 is 0 Å². The van der Waals surface area contributed by atoms with Crippen molar-refractivity contribution in [3.63, 3.8) is 0 Å². The minimum Gasteiger partial charge on any atom is -0.497 e. The molecule has 0 aliphatic rings. The summed E-state index contributed by atoms with van der Waals surface area (Å²) in [4.78, 5) is 32.2. The number of aryl methyl sites for hydroxylation is 2. The molecule has 0 atom stereocenters. The summed E-state index contributed by atoms with van der Waals surface area (Å²) in [6.07, 6.45) is -1.37. The van der Waals surface area contributed by atoms with Crippen LogP contribution in [0.4, 0.5) is 16.2 Å². The Morgan fingerprint density at radius 1 is 1.03 bits per heavy atom. The van der Waals surface area contributed by atoms with Gasteiger partial charge >= 0.3 is 6.09 Å². The highest BCUT2D eigenvalue weighted by atomic mass is 16.5. The molecule has 3 rings (SSSR count). The number of amidine groups is 1. The molecule has 0 fully saturated rings. The van der Waals surface area contributed by atoms with Crippen LogP contribution < -0.4 is 15.4 Å². The molecule has 0 saturated carbocycles. The number of H-pyrrole nitrogens is 1. The lowest BCUT2D eigenvalue weighted by Crippen LogP contribution is -2.26. The fourth-order valence-electron chi connectivity index (χ4n) is 3.13. The number of benzene rings is 2. The second kappa shape index (κ2) is 8.52. The maximum Gasteiger partial charge on any atom is 0.433 e. The van der Waals surface area contributed by atoms with E-state index in [4.69, 9.17) is 15.6 Å². The number of hydrogen-bond acceptors (Lipinski definition) is 3. The normalized spacial score (nSPS) is 11.2. The van der Waals surface area contributed by atoms with Crippen molar-refractivity contribution < 1.29 is 19.4 Å². The molecule has 8 heteroatoms. The molecule has 1 heterocycles. The van der Waals surface area contributed by atoms with Crippen LogP contribution in [-0.2, 0) is 0 Å². The first-order chi connectivity index (χ1) is 14.3. The third-order valence-corrected chi connectivity index (χ3v) is 4.55. The predicted molar refractivity (Wildman–Crippen MR) is 115 cm³/mol. The molecule has 0 unspecified atom stereocenters. The van der Waals surface area contributed by atoms with Crippen molar-refractivity contribution in [2.45, 2.75) is 13.8 Å². The van der Waals surface area contributed by atoms with Gasteiger partial charge in [0.1, 0.15) is 11.6 Å². The standard InChI is InChI=1S/C22H22N4O4/c1-13-12-19(14(2)24-13)21(27)26(17-8-10-18(30-3)11-9-17)16-6-4-15(5-7-16)20(23)25-22(28)29/h4-12,24H,1-3H3,(H2,23,25)(H,28,29). The van der Waals surface area contributed by atoms with Gasteiger partial charge < -0.3 is 20.6 Å². The maximum atomic E-state index is 13.4. The van der Waals surface area contributed by atoms with E-state index in [1.165, 1.54) is 0 Å². The Labute approximate surface area is 173 Å². The van der Waals surface area contributed by atoms with Crippen molar-refractivity contribution >= 4 is 29.2 Å². The molecule has 154 valence electrons. The van der Waals surface area contributed by atoms with Crippen LogP contribution in [0.25, 0.3) is 0 Å². The lowest BCUT2D eigenvalue weighted by atomic mass is 10.1. The molecule has 0 aliphatic heterocycles. The Hall–Kier alpha value is -4.07. The summed E-state index contributed by atoms with van der Waals surface area (Å²) in [6, 6.07) is 15.6. The number of aromatic nitrogens is 1. The quantitative estimate of drug-likeness (QED) is 0.437. The van der Waals surface area contributed by atoms with E-state index in [1.807, 2.05) is 13.8 Å². The molecule has 1 aromatic heterocycles. The number of hydrogen-bond donors (Lipinski definition) is 3. The van der Waals surface area contributed by atoms with Crippen LogP contribution in [0.2, 0.25) is 0 Å². The van der Waals surface area contributed by atoms with E-state index in [1.54, 1.807) is 66.6 Å².